The van der Waals surface area contributed by atoms with Gasteiger partial charge in [0, 0.05) is 18.4 Å². The summed E-state index contributed by atoms with van der Waals surface area (Å²) in [7, 11) is 0. The number of thioether (sulfide) groups is 1. The van der Waals surface area contributed by atoms with Gasteiger partial charge in [-0.1, -0.05) is 47.1 Å². The Morgan fingerprint density at radius 3 is 2.64 bits per heavy atom. The number of hydrogen-bond donors (Lipinski definition) is 0. The van der Waals surface area contributed by atoms with Gasteiger partial charge in [0.2, 0.25) is 0 Å². The number of halogens is 3. The van der Waals surface area contributed by atoms with Crippen molar-refractivity contribution in [3.05, 3.63) is 70.0 Å². The van der Waals surface area contributed by atoms with Gasteiger partial charge >= 0.3 is 0 Å². The molecule has 25 heavy (non-hydrogen) atoms. The van der Waals surface area contributed by atoms with Crippen LogP contribution < -0.4 is 0 Å². The Bertz CT molecular complexity index is 853. The molecule has 1 aliphatic heterocycles. The Morgan fingerprint density at radius 1 is 1.16 bits per heavy atom. The summed E-state index contributed by atoms with van der Waals surface area (Å²) in [5, 5.41) is 1.49. The number of carbonyl (C=O) groups excluding carboxylic acids is 1. The minimum atomic E-state index is -0.310. The van der Waals surface area contributed by atoms with E-state index in [4.69, 9.17) is 23.2 Å². The van der Waals surface area contributed by atoms with Gasteiger partial charge in [-0.05, 0) is 42.0 Å². The molecule has 0 aromatic heterocycles. The summed E-state index contributed by atoms with van der Waals surface area (Å²) in [6.45, 7) is 0.581. The molecule has 7 heteroatoms. The van der Waals surface area contributed by atoms with E-state index in [-0.39, 0.29) is 11.7 Å². The van der Waals surface area contributed by atoms with Gasteiger partial charge in [-0.2, -0.15) is 0 Å². The third-order valence-electron chi connectivity index (χ3n) is 3.46. The lowest BCUT2D eigenvalue weighted by Crippen LogP contribution is -2.30. The van der Waals surface area contributed by atoms with E-state index < -0.39 is 0 Å². The number of rotatable bonds is 3. The van der Waals surface area contributed by atoms with E-state index >= 15 is 0 Å². The molecule has 128 valence electrons. The Morgan fingerprint density at radius 2 is 1.92 bits per heavy atom. The maximum atomic E-state index is 12.9. The van der Waals surface area contributed by atoms with Crippen LogP contribution in [0.2, 0.25) is 10.0 Å². The van der Waals surface area contributed by atoms with Crippen molar-refractivity contribution in [3.63, 3.8) is 0 Å². The van der Waals surface area contributed by atoms with Crippen molar-refractivity contribution < 1.29 is 9.18 Å². The van der Waals surface area contributed by atoms with E-state index in [1.54, 1.807) is 41.3 Å². The molecule has 0 aliphatic carbocycles. The predicted octanol–water partition coefficient (Wildman–Crippen LogP) is 5.41. The van der Waals surface area contributed by atoms with E-state index in [9.17, 15) is 9.18 Å². The highest BCUT2D eigenvalue weighted by molar-refractivity contribution is 8.14. The topological polar surface area (TPSA) is 32.7 Å². The number of benzene rings is 2. The SMILES string of the molecule is O=C(/C=C/c1ccc(F)cc1)N1CCSC1=Nc1ccc(Cl)c(Cl)c1. The third-order valence-corrected chi connectivity index (χ3v) is 5.15. The van der Waals surface area contributed by atoms with Crippen molar-refractivity contribution in [2.45, 2.75) is 0 Å². The number of nitrogens with zero attached hydrogens (tertiary/aromatic N) is 2. The first-order chi connectivity index (χ1) is 12.0. The van der Waals surface area contributed by atoms with Gasteiger partial charge in [-0.3, -0.25) is 9.69 Å². The smallest absolute Gasteiger partial charge is 0.252 e. The normalized spacial score (nSPS) is 16.1. The molecule has 3 rings (SSSR count). The molecule has 1 aliphatic rings. The van der Waals surface area contributed by atoms with Gasteiger partial charge in [0.15, 0.2) is 5.17 Å². The molecule has 0 saturated carbocycles. The fourth-order valence-electron chi connectivity index (χ4n) is 2.20. The summed E-state index contributed by atoms with van der Waals surface area (Å²) in [5.74, 6) is 0.291. The van der Waals surface area contributed by atoms with Crippen LogP contribution >= 0.6 is 35.0 Å². The highest BCUT2D eigenvalue weighted by Gasteiger charge is 2.24. The van der Waals surface area contributed by atoms with E-state index in [2.05, 4.69) is 4.99 Å². The molecule has 1 heterocycles. The van der Waals surface area contributed by atoms with Crippen LogP contribution in [0.5, 0.6) is 0 Å². The molecule has 1 amide bonds. The van der Waals surface area contributed by atoms with Crippen LogP contribution in [-0.4, -0.2) is 28.3 Å². The van der Waals surface area contributed by atoms with Crippen molar-refractivity contribution in [2.24, 2.45) is 4.99 Å². The first kappa shape index (κ1) is 18.0. The largest absolute Gasteiger partial charge is 0.287 e. The van der Waals surface area contributed by atoms with E-state index in [1.165, 1.54) is 30.0 Å². The molecule has 3 nitrogen and oxygen atoms in total. The van der Waals surface area contributed by atoms with E-state index in [0.29, 0.717) is 27.4 Å². The van der Waals surface area contributed by atoms with E-state index in [0.717, 1.165) is 11.3 Å². The van der Waals surface area contributed by atoms with Crippen molar-refractivity contribution in [1.82, 2.24) is 4.90 Å². The number of carbonyl (C=O) groups is 1. The maximum Gasteiger partial charge on any atom is 0.252 e. The van der Waals surface area contributed by atoms with Gasteiger partial charge in [-0.25, -0.2) is 9.38 Å². The van der Waals surface area contributed by atoms with Gasteiger partial charge < -0.3 is 0 Å². The maximum absolute atomic E-state index is 12.9. The van der Waals surface area contributed by atoms with Crippen LogP contribution in [0, 0.1) is 5.82 Å². The van der Waals surface area contributed by atoms with Crippen LogP contribution in [0.25, 0.3) is 6.08 Å². The second-order valence-corrected chi connectivity index (χ2v) is 7.09. The first-order valence-electron chi connectivity index (χ1n) is 7.44. The van der Waals surface area contributed by atoms with E-state index in [1.807, 2.05) is 0 Å². The number of amides is 1. The van der Waals surface area contributed by atoms with Crippen molar-refractivity contribution in [3.8, 4) is 0 Å². The molecule has 2 aromatic rings. The predicted molar refractivity (Wildman–Crippen MR) is 103 cm³/mol. The van der Waals surface area contributed by atoms with Crippen molar-refractivity contribution >= 4 is 57.8 Å². The highest BCUT2D eigenvalue weighted by atomic mass is 35.5. The van der Waals surface area contributed by atoms with Crippen LogP contribution in [0.4, 0.5) is 10.1 Å². The fourth-order valence-corrected chi connectivity index (χ4v) is 3.45. The number of hydrogen-bond acceptors (Lipinski definition) is 3. The molecule has 1 saturated heterocycles. The molecule has 0 radical (unpaired) electrons. The average molecular weight is 395 g/mol. The summed E-state index contributed by atoms with van der Waals surface area (Å²) >= 11 is 13.4. The minimum absolute atomic E-state index is 0.173. The van der Waals surface area contributed by atoms with Gasteiger partial charge in [0.25, 0.3) is 5.91 Å². The zero-order chi connectivity index (χ0) is 17.8. The average Bonchev–Trinajstić information content (AvgIpc) is 3.05. The molecule has 2 aromatic carbocycles. The lowest BCUT2D eigenvalue weighted by Gasteiger charge is -2.13. The summed E-state index contributed by atoms with van der Waals surface area (Å²) in [6.07, 6.45) is 3.12. The number of amidine groups is 1. The molecule has 0 N–H and O–H groups in total. The standard InChI is InChI=1S/C18H13Cl2FN2OS/c19-15-7-6-14(11-16(15)20)22-18-23(9-10-25-18)17(24)8-3-12-1-4-13(21)5-2-12/h1-8,11H,9-10H2/b8-3+,22-18?. The second-order valence-electron chi connectivity index (χ2n) is 5.22. The molecular formula is C18H13Cl2FN2OS. The molecule has 1 fully saturated rings. The fraction of sp³-hybridized carbons (Fsp3) is 0.111. The Kier molecular flexibility index (Phi) is 5.78. The molecule has 0 unspecified atom stereocenters. The third kappa shape index (κ3) is 4.63. The minimum Gasteiger partial charge on any atom is -0.287 e. The van der Waals surface area contributed by atoms with Crippen molar-refractivity contribution in [2.75, 3.05) is 12.3 Å². The van der Waals surface area contributed by atoms with Gasteiger partial charge in [0.05, 0.1) is 15.7 Å². The Balaban J connectivity index is 1.76. The lowest BCUT2D eigenvalue weighted by atomic mass is 10.2. The Labute approximate surface area is 159 Å². The summed E-state index contributed by atoms with van der Waals surface area (Å²) in [4.78, 5) is 18.5. The molecule has 0 bridgehead atoms. The highest BCUT2D eigenvalue weighted by Crippen LogP contribution is 2.29. The summed E-state index contributed by atoms with van der Waals surface area (Å²) in [6, 6.07) is 11.0. The van der Waals surface area contributed by atoms with Gasteiger partial charge in [0.1, 0.15) is 5.82 Å². The Hall–Kier alpha value is -1.82. The van der Waals surface area contributed by atoms with Crippen LogP contribution in [0.15, 0.2) is 53.5 Å². The number of aliphatic imine (C=N–C) groups is 1. The van der Waals surface area contributed by atoms with Crippen LogP contribution in [0.1, 0.15) is 5.56 Å². The zero-order valence-electron chi connectivity index (χ0n) is 13.0. The van der Waals surface area contributed by atoms with Crippen LogP contribution in [0.3, 0.4) is 0 Å². The monoisotopic (exact) mass is 394 g/mol. The zero-order valence-corrected chi connectivity index (χ0v) is 15.3. The summed E-state index contributed by atoms with van der Waals surface area (Å²) < 4.78 is 12.9. The van der Waals surface area contributed by atoms with Gasteiger partial charge in [-0.15, -0.1) is 0 Å². The molecular weight excluding hydrogens is 382 g/mol. The molecule has 0 atom stereocenters. The molecule has 0 spiro atoms. The second kappa shape index (κ2) is 8.04. The van der Waals surface area contributed by atoms with Crippen molar-refractivity contribution in [1.29, 1.82) is 0 Å². The quantitative estimate of drug-likeness (QED) is 0.651. The first-order valence-corrected chi connectivity index (χ1v) is 9.19. The summed E-state index contributed by atoms with van der Waals surface area (Å²) in [5.41, 5.74) is 1.39. The lowest BCUT2D eigenvalue weighted by molar-refractivity contribution is -0.121. The van der Waals surface area contributed by atoms with Crippen LogP contribution in [-0.2, 0) is 4.79 Å².